The second-order valence-electron chi connectivity index (χ2n) is 5.46. The van der Waals surface area contributed by atoms with Crippen LogP contribution in [0.2, 0.25) is 0 Å². The van der Waals surface area contributed by atoms with Gasteiger partial charge in [-0.1, -0.05) is 11.6 Å². The fourth-order valence-electron chi connectivity index (χ4n) is 2.82. The third kappa shape index (κ3) is 3.14. The predicted molar refractivity (Wildman–Crippen MR) is 75.3 cm³/mol. The van der Waals surface area contributed by atoms with Gasteiger partial charge in [0.05, 0.1) is 12.2 Å². The molecule has 1 aliphatic rings. The van der Waals surface area contributed by atoms with E-state index in [1.54, 1.807) is 13.3 Å². The molecule has 0 spiro atoms. The zero-order valence-corrected chi connectivity index (χ0v) is 12.5. The maximum absolute atomic E-state index is 5.15. The number of piperidine rings is 1. The molecular weight excluding hydrogens is 270 g/mol. The topological polar surface area (TPSA) is 80.1 Å². The summed E-state index contributed by atoms with van der Waals surface area (Å²) in [6, 6.07) is 0.245. The molecule has 3 heterocycles. The molecule has 1 atom stereocenters. The summed E-state index contributed by atoms with van der Waals surface area (Å²) in [6.45, 7) is 4.28. The molecule has 2 aromatic heterocycles. The Labute approximate surface area is 123 Å². The number of nitrogens with one attached hydrogen (secondary N) is 1. The van der Waals surface area contributed by atoms with Crippen LogP contribution in [0.25, 0.3) is 0 Å². The number of rotatable bonds is 5. The summed E-state index contributed by atoms with van der Waals surface area (Å²) in [5.74, 6) is 2.52. The molecule has 0 bridgehead atoms. The van der Waals surface area contributed by atoms with Crippen molar-refractivity contribution in [2.45, 2.75) is 45.4 Å². The highest BCUT2D eigenvalue weighted by atomic mass is 16.5. The molecule has 3 rings (SSSR count). The summed E-state index contributed by atoms with van der Waals surface area (Å²) in [4.78, 5) is 6.96. The third-order valence-electron chi connectivity index (χ3n) is 3.97. The summed E-state index contributed by atoms with van der Waals surface area (Å²) in [6.07, 6.45) is 5.29. The number of hydrogen-bond acceptors (Lipinski definition) is 6. The number of aromatic amines is 1. The molecule has 0 saturated carbocycles. The van der Waals surface area contributed by atoms with Gasteiger partial charge < -0.3 is 9.26 Å². The first-order valence-electron chi connectivity index (χ1n) is 7.32. The van der Waals surface area contributed by atoms with E-state index in [0.29, 0.717) is 6.61 Å². The minimum atomic E-state index is 0.245. The van der Waals surface area contributed by atoms with E-state index in [1.165, 1.54) is 12.8 Å². The average Bonchev–Trinajstić information content (AvgIpc) is 3.10. The highest BCUT2D eigenvalue weighted by Crippen LogP contribution is 2.30. The number of nitrogens with zero attached hydrogens (tertiary/aromatic N) is 4. The quantitative estimate of drug-likeness (QED) is 0.907. The van der Waals surface area contributed by atoms with Crippen molar-refractivity contribution in [3.05, 3.63) is 29.2 Å². The monoisotopic (exact) mass is 291 g/mol. The maximum Gasteiger partial charge on any atom is 0.167 e. The van der Waals surface area contributed by atoms with Gasteiger partial charge in [0.2, 0.25) is 0 Å². The normalized spacial score (nSPS) is 20.0. The largest absolute Gasteiger partial charge is 0.377 e. The first-order chi connectivity index (χ1) is 10.3. The molecule has 0 unspecified atom stereocenters. The van der Waals surface area contributed by atoms with Gasteiger partial charge in [-0.25, -0.2) is 4.98 Å². The fourth-order valence-corrected chi connectivity index (χ4v) is 2.82. The van der Waals surface area contributed by atoms with E-state index in [1.807, 2.05) is 6.92 Å². The zero-order chi connectivity index (χ0) is 14.7. The Morgan fingerprint density at radius 3 is 3.14 bits per heavy atom. The molecule has 1 fully saturated rings. The van der Waals surface area contributed by atoms with Crippen LogP contribution in [0.15, 0.2) is 10.7 Å². The molecule has 1 N–H and O–H groups in total. The van der Waals surface area contributed by atoms with Crippen LogP contribution < -0.4 is 0 Å². The van der Waals surface area contributed by atoms with Crippen molar-refractivity contribution >= 4 is 0 Å². The van der Waals surface area contributed by atoms with E-state index in [-0.39, 0.29) is 6.04 Å². The molecule has 2 aromatic rings. The van der Waals surface area contributed by atoms with Gasteiger partial charge in [0.1, 0.15) is 12.4 Å². The first-order valence-corrected chi connectivity index (χ1v) is 7.32. The lowest BCUT2D eigenvalue weighted by Gasteiger charge is -2.33. The molecule has 7 nitrogen and oxygen atoms in total. The van der Waals surface area contributed by atoms with E-state index in [9.17, 15) is 0 Å². The third-order valence-corrected chi connectivity index (χ3v) is 3.97. The molecule has 1 saturated heterocycles. The summed E-state index contributed by atoms with van der Waals surface area (Å²) in [5, 5.41) is 11.2. The number of likely N-dealkylation sites (tertiary alicyclic amines) is 1. The van der Waals surface area contributed by atoms with Crippen molar-refractivity contribution < 1.29 is 9.26 Å². The zero-order valence-electron chi connectivity index (χ0n) is 12.5. The van der Waals surface area contributed by atoms with Gasteiger partial charge in [-0.3, -0.25) is 10.00 Å². The number of methoxy groups -OCH3 is 1. The highest BCUT2D eigenvalue weighted by molar-refractivity contribution is 5.12. The van der Waals surface area contributed by atoms with Crippen LogP contribution in [-0.2, 0) is 17.9 Å². The smallest absolute Gasteiger partial charge is 0.167 e. The predicted octanol–water partition coefficient (Wildman–Crippen LogP) is 1.97. The van der Waals surface area contributed by atoms with Crippen molar-refractivity contribution in [3.63, 3.8) is 0 Å². The lowest BCUT2D eigenvalue weighted by molar-refractivity contribution is 0.133. The van der Waals surface area contributed by atoms with Crippen molar-refractivity contribution in [3.8, 4) is 0 Å². The van der Waals surface area contributed by atoms with Crippen LogP contribution in [0.1, 0.15) is 48.3 Å². The van der Waals surface area contributed by atoms with Crippen molar-refractivity contribution in [2.75, 3.05) is 13.7 Å². The van der Waals surface area contributed by atoms with Crippen LogP contribution in [0.3, 0.4) is 0 Å². The van der Waals surface area contributed by atoms with Crippen LogP contribution in [0, 0.1) is 6.92 Å². The SMILES string of the molecule is COCc1nc([C@H]2CCCCN2Cc2cnoc2C)n[nH]1. The Bertz CT molecular complexity index is 579. The van der Waals surface area contributed by atoms with E-state index in [2.05, 4.69) is 25.2 Å². The average molecular weight is 291 g/mol. The Kier molecular flexibility index (Phi) is 4.31. The van der Waals surface area contributed by atoms with Gasteiger partial charge in [-0.15, -0.1) is 0 Å². The van der Waals surface area contributed by atoms with E-state index < -0.39 is 0 Å². The van der Waals surface area contributed by atoms with Crippen LogP contribution in [-0.4, -0.2) is 38.9 Å². The maximum atomic E-state index is 5.15. The van der Waals surface area contributed by atoms with Crippen molar-refractivity contribution in [1.29, 1.82) is 0 Å². The summed E-state index contributed by atoms with van der Waals surface area (Å²) < 4.78 is 10.2. The lowest BCUT2D eigenvalue weighted by atomic mass is 10.0. The number of aryl methyl sites for hydroxylation is 1. The molecule has 1 aliphatic heterocycles. The van der Waals surface area contributed by atoms with Crippen molar-refractivity contribution in [2.24, 2.45) is 0 Å². The van der Waals surface area contributed by atoms with E-state index in [4.69, 9.17) is 9.26 Å². The first kappa shape index (κ1) is 14.2. The van der Waals surface area contributed by atoms with Crippen LogP contribution in [0.5, 0.6) is 0 Å². The van der Waals surface area contributed by atoms with Gasteiger partial charge in [-0.05, 0) is 26.3 Å². The van der Waals surface area contributed by atoms with E-state index >= 15 is 0 Å². The molecule has 0 aromatic carbocycles. The molecule has 21 heavy (non-hydrogen) atoms. The van der Waals surface area contributed by atoms with E-state index in [0.717, 1.165) is 42.5 Å². The minimum absolute atomic E-state index is 0.245. The Hall–Kier alpha value is -1.73. The second kappa shape index (κ2) is 6.36. The standard InChI is InChI=1S/C14H21N5O2/c1-10-11(7-15-21-10)8-19-6-4-3-5-12(19)14-16-13(9-20-2)17-18-14/h7,12H,3-6,8-9H2,1-2H3,(H,16,17,18)/t12-/m1/s1. The second-order valence-corrected chi connectivity index (χ2v) is 5.46. The lowest BCUT2D eigenvalue weighted by Crippen LogP contribution is -2.33. The van der Waals surface area contributed by atoms with Gasteiger partial charge >= 0.3 is 0 Å². The van der Waals surface area contributed by atoms with Gasteiger partial charge in [0, 0.05) is 19.2 Å². The molecule has 114 valence electrons. The van der Waals surface area contributed by atoms with Gasteiger partial charge in [-0.2, -0.15) is 5.10 Å². The minimum Gasteiger partial charge on any atom is -0.377 e. The Morgan fingerprint density at radius 2 is 2.38 bits per heavy atom. The Morgan fingerprint density at radius 1 is 1.48 bits per heavy atom. The summed E-state index contributed by atoms with van der Waals surface area (Å²) >= 11 is 0. The number of aromatic nitrogens is 4. The molecule has 0 radical (unpaired) electrons. The summed E-state index contributed by atoms with van der Waals surface area (Å²) in [7, 11) is 1.66. The molecule has 0 amide bonds. The fraction of sp³-hybridized carbons (Fsp3) is 0.643. The molecule has 7 heteroatoms. The van der Waals surface area contributed by atoms with Crippen molar-refractivity contribution in [1.82, 2.24) is 25.2 Å². The Balaban J connectivity index is 1.75. The van der Waals surface area contributed by atoms with Gasteiger partial charge in [0.25, 0.3) is 0 Å². The number of ether oxygens (including phenoxy) is 1. The molecular formula is C14H21N5O2. The van der Waals surface area contributed by atoms with Crippen LogP contribution >= 0.6 is 0 Å². The number of hydrogen-bond donors (Lipinski definition) is 1. The van der Waals surface area contributed by atoms with Gasteiger partial charge in [0.15, 0.2) is 11.6 Å². The van der Waals surface area contributed by atoms with Crippen LogP contribution in [0.4, 0.5) is 0 Å². The molecule has 0 aliphatic carbocycles. The number of H-pyrrole nitrogens is 1. The summed E-state index contributed by atoms with van der Waals surface area (Å²) in [5.41, 5.74) is 1.13. The highest BCUT2D eigenvalue weighted by Gasteiger charge is 2.28.